The number of hydrogen-bond acceptors (Lipinski definition) is 5. The van der Waals surface area contributed by atoms with Crippen LogP contribution in [0.3, 0.4) is 0 Å². The number of likely N-dealkylation sites (tertiary alicyclic amines) is 1. The molecule has 1 saturated heterocycles. The minimum atomic E-state index is -1.22. The number of hydrogen-bond donors (Lipinski definition) is 3. The van der Waals surface area contributed by atoms with E-state index in [0.29, 0.717) is 25.9 Å². The van der Waals surface area contributed by atoms with Gasteiger partial charge in [-0.05, 0) is 25.7 Å². The molecule has 1 aliphatic carbocycles. The van der Waals surface area contributed by atoms with Gasteiger partial charge in [-0.15, -0.1) is 0 Å². The highest BCUT2D eigenvalue weighted by Crippen LogP contribution is 2.36. The molecule has 9 nitrogen and oxygen atoms in total. The molecule has 158 valence electrons. The Morgan fingerprint density at radius 3 is 2.32 bits per heavy atom. The van der Waals surface area contributed by atoms with E-state index in [4.69, 9.17) is 4.74 Å². The van der Waals surface area contributed by atoms with Crippen molar-refractivity contribution in [3.8, 4) is 0 Å². The lowest BCUT2D eigenvalue weighted by Crippen LogP contribution is -2.57. The number of nitrogens with one attached hydrogen (secondary N) is 2. The van der Waals surface area contributed by atoms with Crippen molar-refractivity contribution in [2.45, 2.75) is 77.1 Å². The van der Waals surface area contributed by atoms with Gasteiger partial charge in [0.1, 0.15) is 17.6 Å². The second-order valence-electron chi connectivity index (χ2n) is 7.84. The number of carboxylic acid groups (broad SMARTS) is 1. The molecule has 9 heteroatoms. The fourth-order valence-electron chi connectivity index (χ4n) is 3.45. The smallest absolute Gasteiger partial charge is 0.329 e. The maximum atomic E-state index is 13.2. The molecule has 2 rings (SSSR count). The van der Waals surface area contributed by atoms with E-state index in [0.717, 1.165) is 0 Å². The molecule has 2 unspecified atom stereocenters. The Hall–Kier alpha value is -2.16. The molecule has 0 aromatic heterocycles. The highest BCUT2D eigenvalue weighted by atomic mass is 16.5. The molecular formula is C19H31N3O6. The summed E-state index contributed by atoms with van der Waals surface area (Å²) in [5.74, 6) is -2.30. The first kappa shape index (κ1) is 22.1. The van der Waals surface area contributed by atoms with Crippen LogP contribution in [0.15, 0.2) is 0 Å². The molecule has 1 aliphatic heterocycles. The predicted octanol–water partition coefficient (Wildman–Crippen LogP) is 0.277. The van der Waals surface area contributed by atoms with Crippen LogP contribution in [0.1, 0.15) is 53.4 Å². The molecular weight excluding hydrogens is 366 g/mol. The summed E-state index contributed by atoms with van der Waals surface area (Å²) in [5.41, 5.74) is -1.22. The van der Waals surface area contributed by atoms with Gasteiger partial charge >= 0.3 is 5.97 Å². The van der Waals surface area contributed by atoms with Gasteiger partial charge in [0.2, 0.25) is 17.7 Å². The van der Waals surface area contributed by atoms with Gasteiger partial charge in [0.25, 0.3) is 0 Å². The summed E-state index contributed by atoms with van der Waals surface area (Å²) in [6.07, 6.45) is 1.01. The number of aliphatic carboxylic acids is 1. The van der Waals surface area contributed by atoms with E-state index in [1.807, 2.05) is 20.8 Å². The van der Waals surface area contributed by atoms with Gasteiger partial charge < -0.3 is 25.4 Å². The summed E-state index contributed by atoms with van der Waals surface area (Å²) in [7, 11) is 0. The van der Waals surface area contributed by atoms with Crippen LogP contribution in [0.25, 0.3) is 0 Å². The van der Waals surface area contributed by atoms with Crippen LogP contribution in [0.5, 0.6) is 0 Å². The van der Waals surface area contributed by atoms with E-state index in [1.165, 1.54) is 4.90 Å². The van der Waals surface area contributed by atoms with Crippen molar-refractivity contribution in [3.63, 3.8) is 0 Å². The molecule has 2 fully saturated rings. The second kappa shape index (κ2) is 8.89. The molecule has 3 N–H and O–H groups in total. The molecule has 0 spiro atoms. The van der Waals surface area contributed by atoms with E-state index >= 15 is 0 Å². The normalized spacial score (nSPS) is 24.0. The largest absolute Gasteiger partial charge is 0.480 e. The lowest BCUT2D eigenvalue weighted by molar-refractivity contribution is -0.146. The molecule has 28 heavy (non-hydrogen) atoms. The average Bonchev–Trinajstić information content (AvgIpc) is 3.30. The topological polar surface area (TPSA) is 125 Å². The molecule has 3 atom stereocenters. The van der Waals surface area contributed by atoms with Crippen LogP contribution in [0.4, 0.5) is 0 Å². The Kier molecular flexibility index (Phi) is 7.03. The zero-order chi connectivity index (χ0) is 21.1. The Labute approximate surface area is 165 Å². The highest BCUT2D eigenvalue weighted by Gasteiger charge is 2.54. The van der Waals surface area contributed by atoms with Gasteiger partial charge in [-0.25, -0.2) is 4.79 Å². The van der Waals surface area contributed by atoms with Crippen LogP contribution in [-0.4, -0.2) is 70.6 Å². The fraction of sp³-hybridized carbons (Fsp3) is 0.789. The van der Waals surface area contributed by atoms with Crippen LogP contribution < -0.4 is 10.6 Å². The minimum Gasteiger partial charge on any atom is -0.480 e. The monoisotopic (exact) mass is 397 g/mol. The number of nitrogens with zero attached hydrogens (tertiary/aromatic N) is 1. The van der Waals surface area contributed by atoms with E-state index in [1.54, 1.807) is 6.92 Å². The van der Waals surface area contributed by atoms with Crippen molar-refractivity contribution in [1.82, 2.24) is 15.5 Å². The summed E-state index contributed by atoms with van der Waals surface area (Å²) in [6.45, 7) is 7.87. The second-order valence-corrected chi connectivity index (χ2v) is 7.84. The van der Waals surface area contributed by atoms with E-state index in [2.05, 4.69) is 10.6 Å². The van der Waals surface area contributed by atoms with Gasteiger partial charge in [-0.1, -0.05) is 20.8 Å². The van der Waals surface area contributed by atoms with Gasteiger partial charge in [0, 0.05) is 26.0 Å². The number of carboxylic acids is 1. The van der Waals surface area contributed by atoms with Crippen molar-refractivity contribution in [2.75, 3.05) is 13.2 Å². The van der Waals surface area contributed by atoms with Gasteiger partial charge in [0.15, 0.2) is 0 Å². The lowest BCUT2D eigenvalue weighted by Gasteiger charge is -2.31. The standard InChI is InChI=1S/C19H31N3O6/c1-5-14(23)20-15(11(3)4)17(25)22-10-12(28-6-2)9-13(22)16(24)21-19(7-8-19)18(26)27/h11-13,15H,5-10H2,1-4H3,(H,20,23)(H,21,24)(H,26,27)/t12?,13?,15-/m0/s1. The third kappa shape index (κ3) is 4.81. The van der Waals surface area contributed by atoms with Crippen LogP contribution in [-0.2, 0) is 23.9 Å². The zero-order valence-electron chi connectivity index (χ0n) is 17.0. The Balaban J connectivity index is 2.19. The molecule has 2 aliphatic rings. The highest BCUT2D eigenvalue weighted by molar-refractivity contribution is 5.95. The lowest BCUT2D eigenvalue weighted by atomic mass is 10.0. The molecule has 0 aromatic rings. The van der Waals surface area contributed by atoms with Gasteiger partial charge in [-0.2, -0.15) is 0 Å². The van der Waals surface area contributed by atoms with Crippen molar-refractivity contribution in [2.24, 2.45) is 5.92 Å². The predicted molar refractivity (Wildman–Crippen MR) is 100 cm³/mol. The number of rotatable bonds is 9. The van der Waals surface area contributed by atoms with Crippen LogP contribution in [0, 0.1) is 5.92 Å². The Morgan fingerprint density at radius 1 is 1.21 bits per heavy atom. The quantitative estimate of drug-likeness (QED) is 0.513. The molecule has 0 aromatic carbocycles. The molecule has 1 saturated carbocycles. The van der Waals surface area contributed by atoms with E-state index in [-0.39, 0.29) is 36.8 Å². The number of amides is 3. The maximum Gasteiger partial charge on any atom is 0.329 e. The fourth-order valence-corrected chi connectivity index (χ4v) is 3.45. The minimum absolute atomic E-state index is 0.161. The summed E-state index contributed by atoms with van der Waals surface area (Å²) in [4.78, 5) is 50.7. The van der Waals surface area contributed by atoms with Crippen LogP contribution in [0.2, 0.25) is 0 Å². The van der Waals surface area contributed by atoms with Crippen molar-refractivity contribution in [3.05, 3.63) is 0 Å². The SMILES string of the molecule is CCOC1CC(C(=O)NC2(C(=O)O)CC2)N(C(=O)[C@@H](NC(=O)CC)C(C)C)C1. The van der Waals surface area contributed by atoms with Crippen molar-refractivity contribution < 1.29 is 29.0 Å². The number of ether oxygens (including phenoxy) is 1. The summed E-state index contributed by atoms with van der Waals surface area (Å²) in [5, 5.41) is 14.7. The van der Waals surface area contributed by atoms with E-state index in [9.17, 15) is 24.3 Å². The average molecular weight is 397 g/mol. The van der Waals surface area contributed by atoms with E-state index < -0.39 is 29.5 Å². The first-order valence-electron chi connectivity index (χ1n) is 9.92. The Bertz CT molecular complexity index is 631. The van der Waals surface area contributed by atoms with Gasteiger partial charge in [0.05, 0.1) is 6.10 Å². The third-order valence-corrected chi connectivity index (χ3v) is 5.34. The summed E-state index contributed by atoms with van der Waals surface area (Å²) < 4.78 is 5.62. The number of carbonyl (C=O) groups is 4. The molecule has 3 amide bonds. The molecule has 1 heterocycles. The number of carbonyl (C=O) groups excluding carboxylic acids is 3. The first-order valence-corrected chi connectivity index (χ1v) is 9.92. The third-order valence-electron chi connectivity index (χ3n) is 5.34. The first-order chi connectivity index (χ1) is 13.1. The molecule has 0 bridgehead atoms. The van der Waals surface area contributed by atoms with Gasteiger partial charge in [-0.3, -0.25) is 14.4 Å². The van der Waals surface area contributed by atoms with Crippen LogP contribution >= 0.6 is 0 Å². The Morgan fingerprint density at radius 2 is 1.86 bits per heavy atom. The van der Waals surface area contributed by atoms with Crippen molar-refractivity contribution >= 4 is 23.7 Å². The summed E-state index contributed by atoms with van der Waals surface area (Å²) >= 11 is 0. The maximum absolute atomic E-state index is 13.2. The molecule has 0 radical (unpaired) electrons. The summed E-state index contributed by atoms with van der Waals surface area (Å²) in [6, 6.07) is -1.57. The zero-order valence-corrected chi connectivity index (χ0v) is 17.0. The van der Waals surface area contributed by atoms with Crippen molar-refractivity contribution in [1.29, 1.82) is 0 Å².